The molecule has 18 heavy (non-hydrogen) atoms. The average molecular weight is 252 g/mol. The van der Waals surface area contributed by atoms with Gasteiger partial charge in [0.15, 0.2) is 6.29 Å². The molecule has 0 saturated carbocycles. The summed E-state index contributed by atoms with van der Waals surface area (Å²) in [4.78, 5) is 10.9. The number of hydrogen-bond acceptors (Lipinski definition) is 5. The molecule has 0 amide bonds. The predicted octanol–water partition coefficient (Wildman–Crippen LogP) is 1.40. The number of benzene rings is 1. The molecule has 0 saturated heterocycles. The SMILES string of the molecule is C=C(C)[C@H](O)Cc1c(O)cc(OC)c(C=O)c1O. The van der Waals surface area contributed by atoms with Gasteiger partial charge in [-0.3, -0.25) is 4.79 Å². The third-order valence-electron chi connectivity index (χ3n) is 2.69. The number of aliphatic hydroxyl groups excluding tert-OH is 1. The molecule has 98 valence electrons. The molecule has 1 atom stereocenters. The van der Waals surface area contributed by atoms with Crippen LogP contribution in [0.1, 0.15) is 22.8 Å². The first-order valence-corrected chi connectivity index (χ1v) is 5.32. The largest absolute Gasteiger partial charge is 0.507 e. The van der Waals surface area contributed by atoms with Crippen LogP contribution in [-0.2, 0) is 6.42 Å². The van der Waals surface area contributed by atoms with Crippen molar-refractivity contribution in [2.75, 3.05) is 7.11 Å². The van der Waals surface area contributed by atoms with Crippen LogP contribution < -0.4 is 4.74 Å². The molecule has 0 spiro atoms. The van der Waals surface area contributed by atoms with Crippen LogP contribution in [0.2, 0.25) is 0 Å². The number of phenolic OH excluding ortho intramolecular Hbond substituents is 2. The van der Waals surface area contributed by atoms with Crippen LogP contribution in [0.4, 0.5) is 0 Å². The number of aromatic hydroxyl groups is 2. The Kier molecular flexibility index (Phi) is 4.33. The molecule has 0 aliphatic heterocycles. The molecular weight excluding hydrogens is 236 g/mol. The van der Waals surface area contributed by atoms with E-state index in [1.54, 1.807) is 6.92 Å². The van der Waals surface area contributed by atoms with Crippen LogP contribution in [0.5, 0.6) is 17.2 Å². The number of methoxy groups -OCH3 is 1. The number of aldehydes is 1. The van der Waals surface area contributed by atoms with Gasteiger partial charge in [0.05, 0.1) is 18.8 Å². The van der Waals surface area contributed by atoms with Gasteiger partial charge in [-0.2, -0.15) is 0 Å². The van der Waals surface area contributed by atoms with Crippen LogP contribution in [0.15, 0.2) is 18.2 Å². The molecule has 1 aromatic carbocycles. The lowest BCUT2D eigenvalue weighted by Crippen LogP contribution is -2.12. The van der Waals surface area contributed by atoms with Crippen molar-refractivity contribution in [2.24, 2.45) is 0 Å². The van der Waals surface area contributed by atoms with E-state index in [9.17, 15) is 20.1 Å². The average Bonchev–Trinajstić information content (AvgIpc) is 2.33. The first-order valence-electron chi connectivity index (χ1n) is 5.32. The Bertz CT molecular complexity index is 479. The van der Waals surface area contributed by atoms with Crippen molar-refractivity contribution in [1.82, 2.24) is 0 Å². The van der Waals surface area contributed by atoms with Crippen molar-refractivity contribution >= 4 is 6.29 Å². The van der Waals surface area contributed by atoms with Crippen molar-refractivity contribution in [3.8, 4) is 17.2 Å². The molecule has 0 bridgehead atoms. The topological polar surface area (TPSA) is 87.0 Å². The maximum absolute atomic E-state index is 10.9. The number of hydrogen-bond donors (Lipinski definition) is 3. The molecule has 5 nitrogen and oxygen atoms in total. The molecule has 3 N–H and O–H groups in total. The van der Waals surface area contributed by atoms with Gasteiger partial charge in [0, 0.05) is 18.1 Å². The van der Waals surface area contributed by atoms with Crippen molar-refractivity contribution in [3.05, 3.63) is 29.3 Å². The fourth-order valence-electron chi connectivity index (χ4n) is 1.54. The Hall–Kier alpha value is -2.01. The zero-order valence-electron chi connectivity index (χ0n) is 10.3. The highest BCUT2D eigenvalue weighted by Crippen LogP contribution is 2.37. The molecule has 0 aliphatic rings. The lowest BCUT2D eigenvalue weighted by atomic mass is 9.99. The summed E-state index contributed by atoms with van der Waals surface area (Å²) in [5, 5.41) is 29.3. The van der Waals surface area contributed by atoms with E-state index in [0.29, 0.717) is 11.9 Å². The number of aliphatic hydroxyl groups is 1. The summed E-state index contributed by atoms with van der Waals surface area (Å²) in [5.41, 5.74) is 0.532. The van der Waals surface area contributed by atoms with Gasteiger partial charge in [0.2, 0.25) is 0 Å². The molecule has 0 radical (unpaired) electrons. The number of phenols is 2. The number of carbonyl (C=O) groups excluding carboxylic acids is 1. The monoisotopic (exact) mass is 252 g/mol. The van der Waals surface area contributed by atoms with Gasteiger partial charge in [-0.05, 0) is 6.92 Å². The van der Waals surface area contributed by atoms with E-state index in [1.165, 1.54) is 13.2 Å². The van der Waals surface area contributed by atoms with Crippen LogP contribution >= 0.6 is 0 Å². The van der Waals surface area contributed by atoms with Crippen molar-refractivity contribution in [3.63, 3.8) is 0 Å². The molecule has 0 aromatic heterocycles. The molecule has 0 aliphatic carbocycles. The molecule has 0 fully saturated rings. The van der Waals surface area contributed by atoms with Gasteiger partial charge in [-0.15, -0.1) is 0 Å². The van der Waals surface area contributed by atoms with E-state index in [-0.39, 0.29) is 34.8 Å². The second kappa shape index (κ2) is 5.55. The third-order valence-corrected chi connectivity index (χ3v) is 2.69. The Labute approximate surface area is 105 Å². The number of rotatable bonds is 5. The Morgan fingerprint density at radius 2 is 2.17 bits per heavy atom. The Morgan fingerprint density at radius 1 is 1.56 bits per heavy atom. The second-order valence-electron chi connectivity index (χ2n) is 4.02. The minimum absolute atomic E-state index is 0.0299. The van der Waals surface area contributed by atoms with Crippen LogP contribution in [0, 0.1) is 0 Å². The first kappa shape index (κ1) is 14.1. The Morgan fingerprint density at radius 3 is 2.61 bits per heavy atom. The highest BCUT2D eigenvalue weighted by atomic mass is 16.5. The van der Waals surface area contributed by atoms with E-state index in [4.69, 9.17) is 4.74 Å². The molecule has 0 heterocycles. The van der Waals surface area contributed by atoms with Gasteiger partial charge in [0.25, 0.3) is 0 Å². The van der Waals surface area contributed by atoms with Crippen LogP contribution in [0.25, 0.3) is 0 Å². The molecule has 5 heteroatoms. The lowest BCUT2D eigenvalue weighted by Gasteiger charge is -2.15. The smallest absolute Gasteiger partial charge is 0.157 e. The minimum Gasteiger partial charge on any atom is -0.507 e. The Balaban J connectivity index is 3.28. The summed E-state index contributed by atoms with van der Waals surface area (Å²) in [6.45, 7) is 5.21. The molecular formula is C13H16O5. The summed E-state index contributed by atoms with van der Waals surface area (Å²) >= 11 is 0. The van der Waals surface area contributed by atoms with Gasteiger partial charge in [-0.1, -0.05) is 12.2 Å². The highest BCUT2D eigenvalue weighted by molar-refractivity contribution is 5.85. The standard InChI is InChI=1S/C13H16O5/c1-7(2)10(15)4-8-11(16)5-12(18-3)9(6-14)13(8)17/h5-6,10,15-17H,1,4H2,2-3H3/t10-/m1/s1. The van der Waals surface area contributed by atoms with E-state index in [2.05, 4.69) is 6.58 Å². The quantitative estimate of drug-likeness (QED) is 0.544. The van der Waals surface area contributed by atoms with E-state index in [0.717, 1.165) is 0 Å². The van der Waals surface area contributed by atoms with E-state index >= 15 is 0 Å². The van der Waals surface area contributed by atoms with Crippen LogP contribution in [-0.4, -0.2) is 34.8 Å². The number of ether oxygens (including phenoxy) is 1. The molecule has 1 rings (SSSR count). The van der Waals surface area contributed by atoms with Gasteiger partial charge in [-0.25, -0.2) is 0 Å². The lowest BCUT2D eigenvalue weighted by molar-refractivity contribution is 0.111. The van der Waals surface area contributed by atoms with Crippen molar-refractivity contribution < 1.29 is 24.9 Å². The van der Waals surface area contributed by atoms with Gasteiger partial charge >= 0.3 is 0 Å². The van der Waals surface area contributed by atoms with Crippen LogP contribution in [0.3, 0.4) is 0 Å². The predicted molar refractivity (Wildman–Crippen MR) is 66.2 cm³/mol. The number of carbonyl (C=O) groups is 1. The van der Waals surface area contributed by atoms with Gasteiger partial charge in [0.1, 0.15) is 17.2 Å². The zero-order chi connectivity index (χ0) is 13.9. The zero-order valence-corrected chi connectivity index (χ0v) is 10.3. The van der Waals surface area contributed by atoms with Crippen molar-refractivity contribution in [1.29, 1.82) is 0 Å². The fraction of sp³-hybridized carbons (Fsp3) is 0.308. The molecule has 1 aromatic rings. The summed E-state index contributed by atoms with van der Waals surface area (Å²) in [6, 6.07) is 1.23. The normalized spacial score (nSPS) is 11.9. The summed E-state index contributed by atoms with van der Waals surface area (Å²) in [6.07, 6.45) is -0.503. The molecule has 0 unspecified atom stereocenters. The van der Waals surface area contributed by atoms with E-state index < -0.39 is 6.10 Å². The third kappa shape index (κ3) is 2.62. The summed E-state index contributed by atoms with van der Waals surface area (Å²) < 4.78 is 4.87. The van der Waals surface area contributed by atoms with Gasteiger partial charge < -0.3 is 20.1 Å². The van der Waals surface area contributed by atoms with E-state index in [1.807, 2.05) is 0 Å². The maximum Gasteiger partial charge on any atom is 0.157 e. The summed E-state index contributed by atoms with van der Waals surface area (Å²) in [5.74, 6) is -0.550. The first-order chi connectivity index (χ1) is 8.42. The fourth-order valence-corrected chi connectivity index (χ4v) is 1.54. The maximum atomic E-state index is 10.9. The summed E-state index contributed by atoms with van der Waals surface area (Å²) in [7, 11) is 1.32. The van der Waals surface area contributed by atoms with Crippen molar-refractivity contribution in [2.45, 2.75) is 19.4 Å². The second-order valence-corrected chi connectivity index (χ2v) is 4.02. The highest BCUT2D eigenvalue weighted by Gasteiger charge is 2.20. The minimum atomic E-state index is -0.908.